The second-order valence-corrected chi connectivity index (χ2v) is 7.04. The van der Waals surface area contributed by atoms with Crippen LogP contribution in [-0.2, 0) is 0 Å². The molecule has 0 bridgehead atoms. The molecule has 0 aliphatic rings. The quantitative estimate of drug-likeness (QED) is 0.348. The van der Waals surface area contributed by atoms with Crippen molar-refractivity contribution in [3.05, 3.63) is 95.3 Å². The van der Waals surface area contributed by atoms with Gasteiger partial charge in [-0.3, -0.25) is 0 Å². The number of unbranched alkanes of at least 4 members (excludes halogenated alkanes) is 1. The molecule has 0 amide bonds. The number of aromatic nitrogens is 1. The maximum absolute atomic E-state index is 12.2. The number of benzene rings is 3. The van der Waals surface area contributed by atoms with E-state index >= 15 is 0 Å². The average Bonchev–Trinajstić information content (AvgIpc) is 2.80. The Balaban J connectivity index is 1.58. The van der Waals surface area contributed by atoms with Gasteiger partial charge in [0.1, 0.15) is 5.75 Å². The lowest BCUT2D eigenvalue weighted by molar-refractivity contribution is 0.309. The molecule has 0 saturated carbocycles. The van der Waals surface area contributed by atoms with E-state index in [4.69, 9.17) is 9.15 Å². The molecule has 0 fully saturated rings. The summed E-state index contributed by atoms with van der Waals surface area (Å²) in [5, 5.41) is 0. The van der Waals surface area contributed by atoms with Crippen LogP contribution in [0.5, 0.6) is 5.75 Å². The first-order chi connectivity index (χ1) is 14.7. The van der Waals surface area contributed by atoms with Gasteiger partial charge in [0.2, 0.25) is 5.89 Å². The monoisotopic (exact) mass is 397 g/mol. The van der Waals surface area contributed by atoms with Gasteiger partial charge in [-0.05, 0) is 41.8 Å². The topological polar surface area (TPSA) is 52.3 Å². The van der Waals surface area contributed by atoms with Crippen molar-refractivity contribution in [2.24, 2.45) is 0 Å². The van der Waals surface area contributed by atoms with Crippen LogP contribution in [0.25, 0.3) is 33.8 Å². The summed E-state index contributed by atoms with van der Waals surface area (Å²) in [7, 11) is 0. The Morgan fingerprint density at radius 1 is 0.800 bits per heavy atom. The van der Waals surface area contributed by atoms with Crippen molar-refractivity contribution in [3.8, 4) is 39.6 Å². The lowest BCUT2D eigenvalue weighted by Crippen LogP contribution is -2.02. The lowest BCUT2D eigenvalue weighted by atomic mass is 10.0. The number of hydrogen-bond donors (Lipinski definition) is 0. The predicted octanol–water partition coefficient (Wildman–Crippen LogP) is 6.21. The van der Waals surface area contributed by atoms with Gasteiger partial charge in [0.05, 0.1) is 18.4 Å². The van der Waals surface area contributed by atoms with Gasteiger partial charge in [0, 0.05) is 11.1 Å². The third-order valence-corrected chi connectivity index (χ3v) is 4.83. The van der Waals surface area contributed by atoms with Gasteiger partial charge in [0.15, 0.2) is 0 Å². The molecule has 4 heteroatoms. The molecule has 0 aliphatic heterocycles. The van der Waals surface area contributed by atoms with Crippen LogP contribution >= 0.6 is 0 Å². The molecule has 3 aromatic carbocycles. The number of ether oxygens (including phenoxy) is 1. The van der Waals surface area contributed by atoms with Crippen LogP contribution < -0.4 is 10.4 Å². The number of hydrogen-bond acceptors (Lipinski definition) is 4. The molecule has 0 atom stereocenters. The predicted molar refractivity (Wildman–Crippen MR) is 119 cm³/mol. The van der Waals surface area contributed by atoms with E-state index in [1.165, 1.54) is 6.07 Å². The smallest absolute Gasteiger partial charge is 0.339 e. The lowest BCUT2D eigenvalue weighted by Gasteiger charge is -2.07. The van der Waals surface area contributed by atoms with Gasteiger partial charge in [-0.25, -0.2) is 9.78 Å². The van der Waals surface area contributed by atoms with Gasteiger partial charge in [-0.15, -0.1) is 0 Å². The second kappa shape index (κ2) is 9.23. The third kappa shape index (κ3) is 4.66. The van der Waals surface area contributed by atoms with Crippen molar-refractivity contribution in [2.45, 2.75) is 19.8 Å². The minimum absolute atomic E-state index is 0.296. The molecule has 4 aromatic rings. The molecular formula is C26H23NO3. The minimum atomic E-state index is -0.426. The highest BCUT2D eigenvalue weighted by Crippen LogP contribution is 2.26. The highest BCUT2D eigenvalue weighted by atomic mass is 16.5. The first-order valence-corrected chi connectivity index (χ1v) is 10.1. The minimum Gasteiger partial charge on any atom is -0.494 e. The van der Waals surface area contributed by atoms with Crippen LogP contribution in [0.2, 0.25) is 0 Å². The number of rotatable bonds is 7. The third-order valence-electron chi connectivity index (χ3n) is 4.83. The van der Waals surface area contributed by atoms with Gasteiger partial charge in [-0.2, -0.15) is 0 Å². The standard InChI is InChI=1S/C26H23NO3/c1-2-3-17-29-23-15-13-22(14-16-23)26-27-24(18-25(28)30-26)21-11-9-20(10-12-21)19-7-5-4-6-8-19/h4-16,18H,2-3,17H2,1H3. The maximum atomic E-state index is 12.2. The first-order valence-electron chi connectivity index (χ1n) is 10.1. The first kappa shape index (κ1) is 19.6. The Kier molecular flexibility index (Phi) is 6.04. The van der Waals surface area contributed by atoms with E-state index in [9.17, 15) is 4.79 Å². The molecule has 1 heterocycles. The zero-order valence-electron chi connectivity index (χ0n) is 16.9. The molecule has 4 nitrogen and oxygen atoms in total. The second-order valence-electron chi connectivity index (χ2n) is 7.04. The normalized spacial score (nSPS) is 10.7. The summed E-state index contributed by atoms with van der Waals surface area (Å²) in [6, 6.07) is 27.0. The molecule has 0 aliphatic carbocycles. The summed E-state index contributed by atoms with van der Waals surface area (Å²) in [6.07, 6.45) is 2.11. The summed E-state index contributed by atoms with van der Waals surface area (Å²) in [4.78, 5) is 16.7. The van der Waals surface area contributed by atoms with Gasteiger partial charge in [-0.1, -0.05) is 67.9 Å². The Morgan fingerprint density at radius 3 is 2.13 bits per heavy atom. The van der Waals surface area contributed by atoms with Crippen molar-refractivity contribution in [3.63, 3.8) is 0 Å². The molecule has 0 saturated heterocycles. The summed E-state index contributed by atoms with van der Waals surface area (Å²) in [6.45, 7) is 2.82. The summed E-state index contributed by atoms with van der Waals surface area (Å²) in [5.74, 6) is 1.09. The summed E-state index contributed by atoms with van der Waals surface area (Å²) >= 11 is 0. The fourth-order valence-electron chi connectivity index (χ4n) is 3.16. The Bertz CT molecular complexity index is 1150. The SMILES string of the molecule is CCCCOc1ccc(-c2nc(-c3ccc(-c4ccccc4)cc3)cc(=O)o2)cc1. The van der Waals surface area contributed by atoms with E-state index in [-0.39, 0.29) is 0 Å². The van der Waals surface area contributed by atoms with Crippen molar-refractivity contribution in [2.75, 3.05) is 6.61 Å². The molecule has 0 radical (unpaired) electrons. The van der Waals surface area contributed by atoms with E-state index < -0.39 is 5.63 Å². The Morgan fingerprint density at radius 2 is 1.43 bits per heavy atom. The largest absolute Gasteiger partial charge is 0.494 e. The molecule has 0 N–H and O–H groups in total. The summed E-state index contributed by atoms with van der Waals surface area (Å²) in [5.41, 5.74) is 4.02. The van der Waals surface area contributed by atoms with Crippen molar-refractivity contribution in [1.82, 2.24) is 4.98 Å². The zero-order valence-corrected chi connectivity index (χ0v) is 16.9. The average molecular weight is 397 g/mol. The van der Waals surface area contributed by atoms with E-state index in [0.717, 1.165) is 40.8 Å². The van der Waals surface area contributed by atoms with E-state index in [1.54, 1.807) is 0 Å². The van der Waals surface area contributed by atoms with Gasteiger partial charge < -0.3 is 9.15 Å². The maximum Gasteiger partial charge on any atom is 0.339 e. The molecule has 150 valence electrons. The zero-order chi connectivity index (χ0) is 20.8. The van der Waals surface area contributed by atoms with E-state index in [0.29, 0.717) is 18.2 Å². The Hall–Kier alpha value is -3.66. The van der Waals surface area contributed by atoms with Crippen LogP contribution in [0, 0.1) is 0 Å². The highest BCUT2D eigenvalue weighted by Gasteiger charge is 2.09. The van der Waals surface area contributed by atoms with E-state index in [1.807, 2.05) is 66.7 Å². The number of nitrogens with zero attached hydrogens (tertiary/aromatic N) is 1. The summed E-state index contributed by atoms with van der Waals surface area (Å²) < 4.78 is 11.0. The molecule has 1 aromatic heterocycles. The van der Waals surface area contributed by atoms with E-state index in [2.05, 4.69) is 24.0 Å². The van der Waals surface area contributed by atoms with Gasteiger partial charge in [0.25, 0.3) is 0 Å². The molecule has 0 spiro atoms. The van der Waals surface area contributed by atoms with Crippen LogP contribution in [0.4, 0.5) is 0 Å². The van der Waals surface area contributed by atoms with Crippen LogP contribution in [0.15, 0.2) is 94.1 Å². The molecule has 0 unspecified atom stereocenters. The molecule has 30 heavy (non-hydrogen) atoms. The van der Waals surface area contributed by atoms with Gasteiger partial charge >= 0.3 is 5.63 Å². The Labute approximate surface area is 175 Å². The van der Waals surface area contributed by atoms with Crippen LogP contribution in [-0.4, -0.2) is 11.6 Å². The molecular weight excluding hydrogens is 374 g/mol. The van der Waals surface area contributed by atoms with Crippen molar-refractivity contribution < 1.29 is 9.15 Å². The van der Waals surface area contributed by atoms with Crippen LogP contribution in [0.1, 0.15) is 19.8 Å². The van der Waals surface area contributed by atoms with Crippen molar-refractivity contribution >= 4 is 0 Å². The molecule has 4 rings (SSSR count). The highest BCUT2D eigenvalue weighted by molar-refractivity contribution is 5.69. The fourth-order valence-corrected chi connectivity index (χ4v) is 3.16. The van der Waals surface area contributed by atoms with Crippen LogP contribution in [0.3, 0.4) is 0 Å². The fraction of sp³-hybridized carbons (Fsp3) is 0.154. The van der Waals surface area contributed by atoms with Crippen molar-refractivity contribution in [1.29, 1.82) is 0 Å².